The van der Waals surface area contributed by atoms with Crippen LogP contribution in [0.4, 0.5) is 14.9 Å². The molecule has 1 aromatic heterocycles. The van der Waals surface area contributed by atoms with Crippen molar-refractivity contribution >= 4 is 23.1 Å². The molecule has 0 unspecified atom stereocenters. The summed E-state index contributed by atoms with van der Waals surface area (Å²) in [5.41, 5.74) is 1.37. The Balaban J connectivity index is 1.53. The third-order valence-electron chi connectivity index (χ3n) is 3.39. The fourth-order valence-corrected chi connectivity index (χ4v) is 2.86. The Kier molecular flexibility index (Phi) is 5.64. The fourth-order valence-electron chi connectivity index (χ4n) is 2.21. The van der Waals surface area contributed by atoms with Crippen molar-refractivity contribution in [3.05, 3.63) is 82.3 Å². The molecule has 0 fully saturated rings. The standard InChI is InChI=1S/C19H17FN2O2S/c20-15-5-1-4-14(10-15)13-24-17-7-2-6-16(11-17)22-19(23)21-12-18-8-3-9-25-18/h1-11H,12-13H2,(H2,21,22,23). The van der Waals surface area contributed by atoms with Crippen LogP contribution in [0.3, 0.4) is 0 Å². The van der Waals surface area contributed by atoms with Gasteiger partial charge < -0.3 is 15.4 Å². The van der Waals surface area contributed by atoms with E-state index >= 15 is 0 Å². The Morgan fingerprint density at radius 1 is 1.08 bits per heavy atom. The smallest absolute Gasteiger partial charge is 0.319 e. The van der Waals surface area contributed by atoms with Crippen molar-refractivity contribution < 1.29 is 13.9 Å². The molecule has 0 radical (unpaired) electrons. The van der Waals surface area contributed by atoms with E-state index in [0.717, 1.165) is 10.4 Å². The molecule has 128 valence electrons. The predicted octanol–water partition coefficient (Wildman–Crippen LogP) is 4.79. The average molecular weight is 356 g/mol. The highest BCUT2D eigenvalue weighted by Crippen LogP contribution is 2.19. The number of carbonyl (C=O) groups is 1. The highest BCUT2D eigenvalue weighted by Gasteiger charge is 2.04. The minimum atomic E-state index is -0.293. The topological polar surface area (TPSA) is 50.4 Å². The maximum absolute atomic E-state index is 13.2. The lowest BCUT2D eigenvalue weighted by atomic mass is 10.2. The van der Waals surface area contributed by atoms with Crippen LogP contribution in [0.15, 0.2) is 66.0 Å². The van der Waals surface area contributed by atoms with Crippen LogP contribution in [0.1, 0.15) is 10.4 Å². The Labute approximate surface area is 149 Å². The second-order valence-electron chi connectivity index (χ2n) is 5.33. The van der Waals surface area contributed by atoms with E-state index in [2.05, 4.69) is 10.6 Å². The molecule has 3 rings (SSSR count). The molecule has 2 amide bonds. The summed E-state index contributed by atoms with van der Waals surface area (Å²) in [6, 6.07) is 17.0. The molecule has 2 N–H and O–H groups in total. The molecular formula is C19H17FN2O2S. The first-order valence-corrected chi connectivity index (χ1v) is 8.61. The molecule has 4 nitrogen and oxygen atoms in total. The van der Waals surface area contributed by atoms with Crippen LogP contribution in [0.2, 0.25) is 0 Å². The van der Waals surface area contributed by atoms with Gasteiger partial charge in [-0.2, -0.15) is 0 Å². The van der Waals surface area contributed by atoms with Gasteiger partial charge in [0.05, 0.1) is 6.54 Å². The van der Waals surface area contributed by atoms with E-state index in [-0.39, 0.29) is 18.5 Å². The van der Waals surface area contributed by atoms with Gasteiger partial charge in [-0.1, -0.05) is 24.3 Å². The molecule has 1 heterocycles. The number of anilines is 1. The first kappa shape index (κ1) is 17.0. The summed E-state index contributed by atoms with van der Waals surface area (Å²) in [7, 11) is 0. The first-order valence-electron chi connectivity index (χ1n) is 7.73. The van der Waals surface area contributed by atoms with E-state index in [1.54, 1.807) is 47.7 Å². The molecule has 2 aromatic carbocycles. The Bertz CT molecular complexity index is 837. The maximum atomic E-state index is 13.2. The van der Waals surface area contributed by atoms with Crippen molar-refractivity contribution in [3.63, 3.8) is 0 Å². The van der Waals surface area contributed by atoms with E-state index < -0.39 is 0 Å². The third kappa shape index (κ3) is 5.32. The average Bonchev–Trinajstić information content (AvgIpc) is 3.12. The zero-order chi connectivity index (χ0) is 17.5. The molecule has 0 spiro atoms. The van der Waals surface area contributed by atoms with Crippen LogP contribution in [0, 0.1) is 5.82 Å². The normalized spacial score (nSPS) is 10.3. The number of carbonyl (C=O) groups excluding carboxylic acids is 1. The van der Waals surface area contributed by atoms with Gasteiger partial charge in [-0.3, -0.25) is 0 Å². The summed E-state index contributed by atoms with van der Waals surface area (Å²) < 4.78 is 18.8. The van der Waals surface area contributed by atoms with Crippen molar-refractivity contribution in [2.45, 2.75) is 13.2 Å². The molecule has 0 aliphatic rings. The van der Waals surface area contributed by atoms with Gasteiger partial charge in [-0.25, -0.2) is 9.18 Å². The Hall–Kier alpha value is -2.86. The van der Waals surface area contributed by atoms with Gasteiger partial charge in [0, 0.05) is 16.6 Å². The zero-order valence-corrected chi connectivity index (χ0v) is 14.2. The van der Waals surface area contributed by atoms with Gasteiger partial charge >= 0.3 is 6.03 Å². The lowest BCUT2D eigenvalue weighted by molar-refractivity contribution is 0.252. The van der Waals surface area contributed by atoms with Gasteiger partial charge in [0.15, 0.2) is 0 Å². The molecule has 0 bridgehead atoms. The van der Waals surface area contributed by atoms with E-state index in [4.69, 9.17) is 4.74 Å². The van der Waals surface area contributed by atoms with Crippen molar-refractivity contribution in [1.29, 1.82) is 0 Å². The number of thiophene rings is 1. The molecule has 6 heteroatoms. The zero-order valence-electron chi connectivity index (χ0n) is 13.4. The van der Waals surface area contributed by atoms with Crippen LogP contribution < -0.4 is 15.4 Å². The van der Waals surface area contributed by atoms with E-state index in [9.17, 15) is 9.18 Å². The van der Waals surface area contributed by atoms with Crippen LogP contribution in [0.5, 0.6) is 5.75 Å². The van der Waals surface area contributed by atoms with Crippen molar-refractivity contribution in [2.24, 2.45) is 0 Å². The van der Waals surface area contributed by atoms with Gasteiger partial charge in [0.25, 0.3) is 0 Å². The first-order chi connectivity index (χ1) is 12.2. The number of benzene rings is 2. The quantitative estimate of drug-likeness (QED) is 0.667. The van der Waals surface area contributed by atoms with Crippen LogP contribution >= 0.6 is 11.3 Å². The summed E-state index contributed by atoms with van der Waals surface area (Å²) in [4.78, 5) is 13.0. The fraction of sp³-hybridized carbons (Fsp3) is 0.105. The Morgan fingerprint density at radius 3 is 2.76 bits per heavy atom. The number of ether oxygens (including phenoxy) is 1. The molecule has 25 heavy (non-hydrogen) atoms. The summed E-state index contributed by atoms with van der Waals surface area (Å²) in [5, 5.41) is 7.53. The third-order valence-corrected chi connectivity index (χ3v) is 4.27. The van der Waals surface area contributed by atoms with Crippen LogP contribution in [0.25, 0.3) is 0 Å². The lowest BCUT2D eigenvalue weighted by Crippen LogP contribution is -2.27. The van der Waals surface area contributed by atoms with Gasteiger partial charge in [0.2, 0.25) is 0 Å². The summed E-state index contributed by atoms with van der Waals surface area (Å²) >= 11 is 1.59. The summed E-state index contributed by atoms with van der Waals surface area (Å²) in [5.74, 6) is 0.305. The molecule has 0 aliphatic heterocycles. The highest BCUT2D eigenvalue weighted by molar-refractivity contribution is 7.09. The number of halogens is 1. The molecule has 0 saturated carbocycles. The number of hydrogen-bond acceptors (Lipinski definition) is 3. The molecule has 0 atom stereocenters. The largest absolute Gasteiger partial charge is 0.489 e. The second kappa shape index (κ2) is 8.30. The number of amides is 2. The van der Waals surface area contributed by atoms with Gasteiger partial charge in [-0.05, 0) is 41.3 Å². The highest BCUT2D eigenvalue weighted by atomic mass is 32.1. The monoisotopic (exact) mass is 356 g/mol. The van der Waals surface area contributed by atoms with Crippen LogP contribution in [-0.2, 0) is 13.2 Å². The van der Waals surface area contributed by atoms with Gasteiger partial charge in [-0.15, -0.1) is 11.3 Å². The van der Waals surface area contributed by atoms with Gasteiger partial charge in [0.1, 0.15) is 18.2 Å². The lowest BCUT2D eigenvalue weighted by Gasteiger charge is -2.10. The molecule has 3 aromatic rings. The maximum Gasteiger partial charge on any atom is 0.319 e. The van der Waals surface area contributed by atoms with Crippen LogP contribution in [-0.4, -0.2) is 6.03 Å². The Morgan fingerprint density at radius 2 is 1.96 bits per heavy atom. The molecule has 0 aliphatic carbocycles. The summed E-state index contributed by atoms with van der Waals surface area (Å²) in [6.45, 7) is 0.741. The number of hydrogen-bond donors (Lipinski definition) is 2. The molecule has 0 saturated heterocycles. The number of rotatable bonds is 6. The number of nitrogens with one attached hydrogen (secondary N) is 2. The van der Waals surface area contributed by atoms with Crippen molar-refractivity contribution in [3.8, 4) is 5.75 Å². The second-order valence-corrected chi connectivity index (χ2v) is 6.37. The summed E-state index contributed by atoms with van der Waals surface area (Å²) in [6.07, 6.45) is 0. The van der Waals surface area contributed by atoms with E-state index in [1.807, 2.05) is 17.5 Å². The van der Waals surface area contributed by atoms with E-state index in [0.29, 0.717) is 18.0 Å². The van der Waals surface area contributed by atoms with Crippen molar-refractivity contribution in [2.75, 3.05) is 5.32 Å². The van der Waals surface area contributed by atoms with E-state index in [1.165, 1.54) is 12.1 Å². The predicted molar refractivity (Wildman–Crippen MR) is 97.4 cm³/mol. The number of urea groups is 1. The van der Waals surface area contributed by atoms with Crippen molar-refractivity contribution in [1.82, 2.24) is 5.32 Å². The molecular weight excluding hydrogens is 339 g/mol. The SMILES string of the molecule is O=C(NCc1cccs1)Nc1cccc(OCc2cccc(F)c2)c1. The minimum Gasteiger partial charge on any atom is -0.489 e. The minimum absolute atomic E-state index is 0.256.